The maximum atomic E-state index is 11.8. The summed E-state index contributed by atoms with van der Waals surface area (Å²) in [6, 6.07) is 2.31. The molecule has 0 spiro atoms. The van der Waals surface area contributed by atoms with Crippen molar-refractivity contribution in [2.75, 3.05) is 12.4 Å². The minimum Gasteiger partial charge on any atom is -0.481 e. The normalized spacial score (nSPS) is 11.7. The minimum atomic E-state index is -0.567. The van der Waals surface area contributed by atoms with Crippen LogP contribution in [-0.4, -0.2) is 36.1 Å². The zero-order valence-electron chi connectivity index (χ0n) is 12.1. The third kappa shape index (κ3) is 5.13. The summed E-state index contributed by atoms with van der Waals surface area (Å²) < 4.78 is 4.94. The second-order valence-electron chi connectivity index (χ2n) is 4.57. The van der Waals surface area contributed by atoms with Crippen molar-refractivity contribution < 1.29 is 14.3 Å². The average Bonchev–Trinajstić information content (AvgIpc) is 2.38. The molecule has 0 aromatic carbocycles. The van der Waals surface area contributed by atoms with Crippen molar-refractivity contribution in [3.05, 3.63) is 18.3 Å². The number of ether oxygens (including phenoxy) is 1. The number of carbonyl (C=O) groups is 2. The monoisotopic (exact) mass is 280 g/mol. The molecule has 1 heterocycles. The van der Waals surface area contributed by atoms with Crippen molar-refractivity contribution in [3.8, 4) is 5.88 Å². The maximum absolute atomic E-state index is 11.8. The van der Waals surface area contributed by atoms with Gasteiger partial charge in [0.05, 0.1) is 19.0 Å². The molecule has 7 nitrogen and oxygen atoms in total. The highest BCUT2D eigenvalue weighted by Crippen LogP contribution is 2.11. The molecule has 3 amide bonds. The zero-order valence-corrected chi connectivity index (χ0v) is 12.1. The minimum absolute atomic E-state index is 0.0307. The van der Waals surface area contributed by atoms with Crippen LogP contribution >= 0.6 is 0 Å². The van der Waals surface area contributed by atoms with Crippen molar-refractivity contribution in [2.45, 2.75) is 32.9 Å². The predicted octanol–water partition coefficient (Wildman–Crippen LogP) is 1.12. The van der Waals surface area contributed by atoms with Gasteiger partial charge in [-0.2, -0.15) is 0 Å². The molecule has 1 aromatic heterocycles. The number of hydrogen-bond acceptors (Lipinski definition) is 5. The molecular weight excluding hydrogens is 260 g/mol. The Bertz CT molecular complexity index is 459. The summed E-state index contributed by atoms with van der Waals surface area (Å²) >= 11 is 0. The highest BCUT2D eigenvalue weighted by molar-refractivity contribution is 5.98. The van der Waals surface area contributed by atoms with Crippen molar-refractivity contribution >= 4 is 17.6 Å². The van der Waals surface area contributed by atoms with Gasteiger partial charge in [0.2, 0.25) is 11.8 Å². The quantitative estimate of drug-likeness (QED) is 0.751. The van der Waals surface area contributed by atoms with Gasteiger partial charge in [0, 0.05) is 12.1 Å². The molecule has 0 bridgehead atoms. The average molecular weight is 280 g/mol. The van der Waals surface area contributed by atoms with Gasteiger partial charge in [-0.15, -0.1) is 0 Å². The number of hydrogen-bond donors (Lipinski definition) is 3. The number of methoxy groups -OCH3 is 1. The first-order valence-corrected chi connectivity index (χ1v) is 6.30. The number of rotatable bonds is 5. The first-order valence-electron chi connectivity index (χ1n) is 6.30. The Kier molecular flexibility index (Phi) is 5.76. The van der Waals surface area contributed by atoms with Gasteiger partial charge in [0.25, 0.3) is 0 Å². The summed E-state index contributed by atoms with van der Waals surface area (Å²) in [7, 11) is 1.53. The molecule has 0 aliphatic carbocycles. The number of carbonyl (C=O) groups excluding carboxylic acids is 2. The lowest BCUT2D eigenvalue weighted by molar-refractivity contribution is -0.120. The first-order chi connectivity index (χ1) is 9.42. The van der Waals surface area contributed by atoms with Crippen LogP contribution in [0.25, 0.3) is 0 Å². The SMILES string of the molecule is COc1ccc(NC(C)C(=O)NC(=O)NC(C)C)cn1. The van der Waals surface area contributed by atoms with Crippen LogP contribution in [-0.2, 0) is 4.79 Å². The van der Waals surface area contributed by atoms with Gasteiger partial charge in [-0.05, 0) is 26.8 Å². The molecule has 1 unspecified atom stereocenters. The molecule has 0 aliphatic rings. The Balaban J connectivity index is 2.50. The Morgan fingerprint density at radius 2 is 1.95 bits per heavy atom. The number of pyridine rings is 1. The van der Waals surface area contributed by atoms with E-state index < -0.39 is 18.0 Å². The molecule has 3 N–H and O–H groups in total. The smallest absolute Gasteiger partial charge is 0.321 e. The Morgan fingerprint density at radius 1 is 1.25 bits per heavy atom. The highest BCUT2D eigenvalue weighted by atomic mass is 16.5. The fourth-order valence-electron chi connectivity index (χ4n) is 1.42. The van der Waals surface area contributed by atoms with E-state index in [4.69, 9.17) is 4.74 Å². The molecule has 0 saturated heterocycles. The van der Waals surface area contributed by atoms with Gasteiger partial charge in [0.15, 0.2) is 0 Å². The molecule has 1 aromatic rings. The maximum Gasteiger partial charge on any atom is 0.321 e. The van der Waals surface area contributed by atoms with Gasteiger partial charge < -0.3 is 15.4 Å². The van der Waals surface area contributed by atoms with Gasteiger partial charge in [-0.1, -0.05) is 0 Å². The van der Waals surface area contributed by atoms with Gasteiger partial charge >= 0.3 is 6.03 Å². The molecular formula is C13H20N4O3. The van der Waals surface area contributed by atoms with Crippen molar-refractivity contribution in [3.63, 3.8) is 0 Å². The van der Waals surface area contributed by atoms with E-state index in [1.807, 2.05) is 13.8 Å². The lowest BCUT2D eigenvalue weighted by Crippen LogP contribution is -2.47. The molecule has 0 aliphatic heterocycles. The number of amides is 3. The Hall–Kier alpha value is -2.31. The van der Waals surface area contributed by atoms with E-state index in [-0.39, 0.29) is 6.04 Å². The van der Waals surface area contributed by atoms with Crippen LogP contribution in [0.2, 0.25) is 0 Å². The molecule has 1 atom stereocenters. The summed E-state index contributed by atoms with van der Waals surface area (Å²) in [4.78, 5) is 27.2. The standard InChI is InChI=1S/C13H20N4O3/c1-8(2)15-13(19)17-12(18)9(3)16-10-5-6-11(20-4)14-7-10/h5-9,16H,1-4H3,(H2,15,17,18,19). The topological polar surface area (TPSA) is 92.4 Å². The van der Waals surface area contributed by atoms with Crippen molar-refractivity contribution in [2.24, 2.45) is 0 Å². The van der Waals surface area contributed by atoms with Crippen LogP contribution in [0.3, 0.4) is 0 Å². The van der Waals surface area contributed by atoms with Crippen LogP contribution in [0, 0.1) is 0 Å². The summed E-state index contributed by atoms with van der Waals surface area (Å²) in [6.07, 6.45) is 1.55. The van der Waals surface area contributed by atoms with Crippen LogP contribution in [0.5, 0.6) is 5.88 Å². The molecule has 0 fully saturated rings. The van der Waals surface area contributed by atoms with Crippen molar-refractivity contribution in [1.29, 1.82) is 0 Å². The highest BCUT2D eigenvalue weighted by Gasteiger charge is 2.16. The van der Waals surface area contributed by atoms with Crippen LogP contribution in [0.15, 0.2) is 18.3 Å². The van der Waals surface area contributed by atoms with Gasteiger partial charge in [-0.3, -0.25) is 10.1 Å². The van der Waals surface area contributed by atoms with E-state index >= 15 is 0 Å². The number of aromatic nitrogens is 1. The second kappa shape index (κ2) is 7.32. The van der Waals surface area contributed by atoms with E-state index in [1.165, 1.54) is 7.11 Å². The zero-order chi connectivity index (χ0) is 15.1. The van der Waals surface area contributed by atoms with E-state index in [2.05, 4.69) is 20.9 Å². The largest absolute Gasteiger partial charge is 0.481 e. The Labute approximate surface area is 118 Å². The molecule has 20 heavy (non-hydrogen) atoms. The molecule has 7 heteroatoms. The fraction of sp³-hybridized carbons (Fsp3) is 0.462. The van der Waals surface area contributed by atoms with Crippen molar-refractivity contribution in [1.82, 2.24) is 15.6 Å². The van der Waals surface area contributed by atoms with E-state index in [9.17, 15) is 9.59 Å². The summed E-state index contributed by atoms with van der Waals surface area (Å²) in [5, 5.41) is 7.78. The van der Waals surface area contributed by atoms with E-state index in [0.29, 0.717) is 11.6 Å². The van der Waals surface area contributed by atoms with Crippen LogP contribution in [0.4, 0.5) is 10.5 Å². The van der Waals surface area contributed by atoms with E-state index in [1.54, 1.807) is 25.3 Å². The number of imide groups is 1. The van der Waals surface area contributed by atoms with Crippen LogP contribution in [0.1, 0.15) is 20.8 Å². The number of urea groups is 1. The molecule has 110 valence electrons. The molecule has 0 radical (unpaired) electrons. The Morgan fingerprint density at radius 3 is 2.45 bits per heavy atom. The third-order valence-electron chi connectivity index (χ3n) is 2.38. The van der Waals surface area contributed by atoms with E-state index in [0.717, 1.165) is 0 Å². The lowest BCUT2D eigenvalue weighted by Gasteiger charge is -2.15. The summed E-state index contributed by atoms with van der Waals surface area (Å²) in [6.45, 7) is 5.28. The molecule has 1 rings (SSSR count). The molecule has 0 saturated carbocycles. The summed E-state index contributed by atoms with van der Waals surface area (Å²) in [5.74, 6) is 0.0722. The number of anilines is 1. The van der Waals surface area contributed by atoms with Gasteiger partial charge in [0.1, 0.15) is 6.04 Å². The predicted molar refractivity (Wildman–Crippen MR) is 75.7 cm³/mol. The van der Waals surface area contributed by atoms with Gasteiger partial charge in [-0.25, -0.2) is 9.78 Å². The second-order valence-corrected chi connectivity index (χ2v) is 4.57. The summed E-state index contributed by atoms with van der Waals surface area (Å²) in [5.41, 5.74) is 0.665. The third-order valence-corrected chi connectivity index (χ3v) is 2.38. The first kappa shape index (κ1) is 15.7. The number of nitrogens with zero attached hydrogens (tertiary/aromatic N) is 1. The lowest BCUT2D eigenvalue weighted by atomic mass is 10.3. The number of nitrogens with one attached hydrogen (secondary N) is 3. The van der Waals surface area contributed by atoms with Crippen LogP contribution < -0.4 is 20.7 Å². The fourth-order valence-corrected chi connectivity index (χ4v) is 1.42.